The smallest absolute Gasteiger partial charge is 0.0989 e. The Bertz CT molecular complexity index is 81.3. The quantitative estimate of drug-likeness (QED) is 0.557. The number of rotatable bonds is 4. The van der Waals surface area contributed by atoms with E-state index < -0.39 is 0 Å². The van der Waals surface area contributed by atoms with Crippen LogP contribution in [0.5, 0.6) is 0 Å². The number of ether oxygens (including phenoxy) is 1. The van der Waals surface area contributed by atoms with Crippen molar-refractivity contribution in [1.29, 1.82) is 0 Å². The third-order valence-corrected chi connectivity index (χ3v) is 1.53. The Kier molecular flexibility index (Phi) is 4.65. The second-order valence-electron chi connectivity index (χ2n) is 3.32. The molecule has 0 rings (SSSR count). The molecular formula is C8H19NO. The molecule has 0 fully saturated rings. The van der Waals surface area contributed by atoms with E-state index in [1.165, 1.54) is 0 Å². The van der Waals surface area contributed by atoms with Crippen molar-refractivity contribution in [2.24, 2.45) is 5.92 Å². The minimum atomic E-state index is 0.363. The maximum Gasteiger partial charge on any atom is 0.0989 e. The van der Waals surface area contributed by atoms with Gasteiger partial charge in [0.25, 0.3) is 0 Å². The van der Waals surface area contributed by atoms with Crippen molar-refractivity contribution in [2.75, 3.05) is 20.8 Å². The van der Waals surface area contributed by atoms with Crippen LogP contribution in [0.2, 0.25) is 0 Å². The molecule has 2 nitrogen and oxygen atoms in total. The van der Waals surface area contributed by atoms with Gasteiger partial charge in [-0.15, -0.1) is 0 Å². The fourth-order valence-corrected chi connectivity index (χ4v) is 0.459. The maximum absolute atomic E-state index is 5.49. The van der Waals surface area contributed by atoms with E-state index in [2.05, 4.69) is 20.8 Å². The fraction of sp³-hybridized carbons (Fsp3) is 1.00. The summed E-state index contributed by atoms with van der Waals surface area (Å²) in [7, 11) is 4.01. The largest absolute Gasteiger partial charge is 0.363 e. The molecule has 10 heavy (non-hydrogen) atoms. The van der Waals surface area contributed by atoms with Gasteiger partial charge >= 0.3 is 0 Å². The van der Waals surface area contributed by atoms with Crippen LogP contribution in [-0.2, 0) is 4.74 Å². The summed E-state index contributed by atoms with van der Waals surface area (Å²) >= 11 is 0. The Balaban J connectivity index is 3.30. The molecule has 0 spiro atoms. The van der Waals surface area contributed by atoms with Gasteiger partial charge in [0.2, 0.25) is 0 Å². The molecule has 1 atom stereocenters. The van der Waals surface area contributed by atoms with Crippen molar-refractivity contribution >= 4 is 0 Å². The lowest BCUT2D eigenvalue weighted by atomic mass is 10.1. The predicted molar refractivity (Wildman–Crippen MR) is 43.9 cm³/mol. The summed E-state index contributed by atoms with van der Waals surface area (Å²) < 4.78 is 5.49. The molecule has 0 amide bonds. The lowest BCUT2D eigenvalue weighted by Gasteiger charge is -2.19. The Hall–Kier alpha value is -0.0800. The average Bonchev–Trinajstić information content (AvgIpc) is 1.82. The summed E-state index contributed by atoms with van der Waals surface area (Å²) in [6.07, 6.45) is 0.363. The number of nitrogens with zero attached hydrogens (tertiary/aromatic N) is 1. The number of hydrogen-bond acceptors (Lipinski definition) is 2. The van der Waals surface area contributed by atoms with Crippen molar-refractivity contribution in [3.8, 4) is 0 Å². The Labute approximate surface area is 64.2 Å². The average molecular weight is 145 g/mol. The van der Waals surface area contributed by atoms with Crippen molar-refractivity contribution in [1.82, 2.24) is 4.90 Å². The van der Waals surface area contributed by atoms with Gasteiger partial charge in [-0.05, 0) is 26.9 Å². The minimum absolute atomic E-state index is 0.363. The van der Waals surface area contributed by atoms with Gasteiger partial charge in [-0.2, -0.15) is 0 Å². The van der Waals surface area contributed by atoms with Crippen LogP contribution < -0.4 is 0 Å². The fourth-order valence-electron chi connectivity index (χ4n) is 0.459. The zero-order valence-electron chi connectivity index (χ0n) is 7.72. The molecule has 0 N–H and O–H groups in total. The zero-order valence-corrected chi connectivity index (χ0v) is 7.72. The molecule has 2 heteroatoms. The molecule has 0 bridgehead atoms. The summed E-state index contributed by atoms with van der Waals surface area (Å²) in [5.41, 5.74) is 0. The molecule has 0 heterocycles. The Morgan fingerprint density at radius 1 is 1.20 bits per heavy atom. The normalized spacial score (nSPS) is 14.7. The molecule has 0 aliphatic rings. The van der Waals surface area contributed by atoms with Crippen LogP contribution in [0.15, 0.2) is 0 Å². The van der Waals surface area contributed by atoms with Gasteiger partial charge in [0.05, 0.1) is 12.8 Å². The lowest BCUT2D eigenvalue weighted by molar-refractivity contribution is -0.0160. The highest BCUT2D eigenvalue weighted by Gasteiger charge is 2.06. The van der Waals surface area contributed by atoms with Crippen molar-refractivity contribution in [3.05, 3.63) is 0 Å². The minimum Gasteiger partial charge on any atom is -0.363 e. The van der Waals surface area contributed by atoms with Crippen LogP contribution in [0.3, 0.4) is 0 Å². The van der Waals surface area contributed by atoms with Crippen molar-refractivity contribution < 1.29 is 4.74 Å². The van der Waals surface area contributed by atoms with Gasteiger partial charge in [-0.3, -0.25) is 4.90 Å². The molecule has 62 valence electrons. The Morgan fingerprint density at radius 3 is 2.00 bits per heavy atom. The highest BCUT2D eigenvalue weighted by Crippen LogP contribution is 2.04. The molecule has 0 aliphatic carbocycles. The molecule has 0 aliphatic heterocycles. The van der Waals surface area contributed by atoms with E-state index in [0.29, 0.717) is 12.0 Å². The zero-order chi connectivity index (χ0) is 8.15. The first-order valence-corrected chi connectivity index (χ1v) is 3.80. The van der Waals surface area contributed by atoms with Gasteiger partial charge in [0.1, 0.15) is 0 Å². The first kappa shape index (κ1) is 9.92. The summed E-state index contributed by atoms with van der Waals surface area (Å²) in [5.74, 6) is 0.611. The lowest BCUT2D eigenvalue weighted by Crippen LogP contribution is -2.23. The van der Waals surface area contributed by atoms with Gasteiger partial charge in [-0.1, -0.05) is 13.8 Å². The van der Waals surface area contributed by atoms with E-state index in [1.54, 1.807) is 0 Å². The molecule has 0 radical (unpaired) electrons. The Morgan fingerprint density at radius 2 is 1.70 bits per heavy atom. The van der Waals surface area contributed by atoms with Crippen LogP contribution in [-0.4, -0.2) is 31.8 Å². The predicted octanol–water partition coefficient (Wildman–Crippen LogP) is 1.57. The van der Waals surface area contributed by atoms with E-state index in [9.17, 15) is 0 Å². The first-order chi connectivity index (χ1) is 4.54. The molecule has 0 saturated heterocycles. The SMILES string of the molecule is CC(C)C(C)OCN(C)C. The van der Waals surface area contributed by atoms with Gasteiger partial charge in [0, 0.05) is 0 Å². The van der Waals surface area contributed by atoms with E-state index in [-0.39, 0.29) is 0 Å². The summed E-state index contributed by atoms with van der Waals surface area (Å²) in [6, 6.07) is 0. The van der Waals surface area contributed by atoms with Crippen molar-refractivity contribution in [2.45, 2.75) is 26.9 Å². The monoisotopic (exact) mass is 145 g/mol. The van der Waals surface area contributed by atoms with Crippen LogP contribution in [0.1, 0.15) is 20.8 Å². The van der Waals surface area contributed by atoms with Crippen LogP contribution in [0.25, 0.3) is 0 Å². The summed E-state index contributed by atoms with van der Waals surface area (Å²) in [4.78, 5) is 2.03. The first-order valence-electron chi connectivity index (χ1n) is 3.80. The van der Waals surface area contributed by atoms with Gasteiger partial charge in [0.15, 0.2) is 0 Å². The van der Waals surface area contributed by atoms with Crippen LogP contribution >= 0.6 is 0 Å². The second kappa shape index (κ2) is 4.69. The third-order valence-electron chi connectivity index (χ3n) is 1.53. The summed E-state index contributed by atoms with van der Waals surface area (Å²) in [6.45, 7) is 7.16. The van der Waals surface area contributed by atoms with Crippen LogP contribution in [0, 0.1) is 5.92 Å². The highest BCUT2D eigenvalue weighted by molar-refractivity contribution is 4.53. The second-order valence-corrected chi connectivity index (χ2v) is 3.32. The third kappa shape index (κ3) is 4.77. The molecule has 0 saturated carbocycles. The molecule has 0 aromatic carbocycles. The highest BCUT2D eigenvalue weighted by atomic mass is 16.5. The van der Waals surface area contributed by atoms with E-state index >= 15 is 0 Å². The summed E-state index contributed by atoms with van der Waals surface area (Å²) in [5, 5.41) is 0. The topological polar surface area (TPSA) is 12.5 Å². The standard InChI is InChI=1S/C8H19NO/c1-7(2)8(3)10-6-9(4)5/h7-8H,6H2,1-5H3. The molecule has 0 aromatic rings. The molecular weight excluding hydrogens is 126 g/mol. The van der Waals surface area contributed by atoms with Gasteiger partial charge in [-0.25, -0.2) is 0 Å². The van der Waals surface area contributed by atoms with E-state index in [4.69, 9.17) is 4.74 Å². The number of hydrogen-bond donors (Lipinski definition) is 0. The maximum atomic E-state index is 5.49. The molecule has 0 aromatic heterocycles. The van der Waals surface area contributed by atoms with Crippen LogP contribution in [0.4, 0.5) is 0 Å². The molecule has 1 unspecified atom stereocenters. The van der Waals surface area contributed by atoms with E-state index in [1.807, 2.05) is 19.0 Å². The van der Waals surface area contributed by atoms with E-state index in [0.717, 1.165) is 6.73 Å². The van der Waals surface area contributed by atoms with Gasteiger partial charge < -0.3 is 4.74 Å². The van der Waals surface area contributed by atoms with Crippen molar-refractivity contribution in [3.63, 3.8) is 0 Å².